The van der Waals surface area contributed by atoms with E-state index < -0.39 is 41.8 Å². The third-order valence-electron chi connectivity index (χ3n) is 13.4. The smallest absolute Gasteiger partial charge is 0.338 e. The Kier molecular flexibility index (Phi) is 17.4. The van der Waals surface area contributed by atoms with Crippen LogP contribution in [0, 0.1) is 17.8 Å². The minimum absolute atomic E-state index is 0.0170. The topological polar surface area (TPSA) is 189 Å². The maximum atomic E-state index is 13.5. The van der Waals surface area contributed by atoms with Gasteiger partial charge in [-0.15, -0.1) is 0 Å². The quantitative estimate of drug-likeness (QED) is 0.0719. The average Bonchev–Trinajstić information content (AvgIpc) is 3.75. The number of methoxy groups -OCH3 is 6. The molecule has 3 heterocycles. The van der Waals surface area contributed by atoms with Crippen molar-refractivity contribution in [3.8, 4) is 23.0 Å². The molecule has 70 heavy (non-hydrogen) atoms. The lowest BCUT2D eigenvalue weighted by molar-refractivity contribution is -0.176. The number of carbonyl (C=O) groups is 2. The van der Waals surface area contributed by atoms with Crippen LogP contribution in [0.1, 0.15) is 40.5 Å². The summed E-state index contributed by atoms with van der Waals surface area (Å²) in [6.45, 7) is 1.68. The average molecular weight is 1040 g/mol. The van der Waals surface area contributed by atoms with Gasteiger partial charge in [0, 0.05) is 60.4 Å². The van der Waals surface area contributed by atoms with Gasteiger partial charge in [0.25, 0.3) is 0 Å². The number of benzene rings is 4. The van der Waals surface area contributed by atoms with Gasteiger partial charge in [-0.3, -0.25) is 9.69 Å². The number of hydrogen-bond acceptors (Lipinski definition) is 17. The van der Waals surface area contributed by atoms with Crippen LogP contribution in [0.5, 0.6) is 23.0 Å². The van der Waals surface area contributed by atoms with Gasteiger partial charge in [0.05, 0.1) is 62.9 Å². The second-order valence-corrected chi connectivity index (χ2v) is 25.4. The zero-order chi connectivity index (χ0) is 50.3. The van der Waals surface area contributed by atoms with E-state index in [9.17, 15) is 26.4 Å². The van der Waals surface area contributed by atoms with E-state index >= 15 is 0 Å². The van der Waals surface area contributed by atoms with Gasteiger partial charge in [-0.25, -0.2) is 21.6 Å². The monoisotopic (exact) mass is 1040 g/mol. The second kappa shape index (κ2) is 23.1. The summed E-state index contributed by atoms with van der Waals surface area (Å²) in [7, 11) is 7.48. The molecule has 1 aromatic heterocycles. The summed E-state index contributed by atoms with van der Waals surface area (Å²) in [5.74, 6) is 0.999. The first-order valence-electron chi connectivity index (χ1n) is 22.7. The predicted octanol–water partition coefficient (Wildman–Crippen LogP) is 7.33. The Labute approximate surface area is 417 Å². The molecule has 1 saturated carbocycles. The number of hydrogen-bond donors (Lipinski definition) is 1. The molecule has 1 saturated heterocycles. The van der Waals surface area contributed by atoms with Gasteiger partial charge in [-0.05, 0) is 121 Å². The third-order valence-corrected chi connectivity index (χ3v) is 20.6. The summed E-state index contributed by atoms with van der Waals surface area (Å²) >= 11 is 0. The van der Waals surface area contributed by atoms with E-state index in [4.69, 9.17) is 33.2 Å². The van der Waals surface area contributed by atoms with Crippen molar-refractivity contribution >= 4 is 62.2 Å². The molecule has 8 rings (SSSR count). The molecule has 20 heteroatoms. The normalized spacial score (nSPS) is 21.1. The van der Waals surface area contributed by atoms with Gasteiger partial charge in [-0.1, -0.05) is 36.4 Å². The molecular weight excluding hydrogens is 979 g/mol. The van der Waals surface area contributed by atoms with E-state index in [1.807, 2.05) is 31.1 Å². The van der Waals surface area contributed by atoms with Crippen LogP contribution in [0.15, 0.2) is 101 Å². The van der Waals surface area contributed by atoms with Crippen molar-refractivity contribution < 1.29 is 59.6 Å². The van der Waals surface area contributed by atoms with Crippen molar-refractivity contribution in [2.24, 2.45) is 17.8 Å². The second-order valence-electron chi connectivity index (χ2n) is 17.4. The summed E-state index contributed by atoms with van der Waals surface area (Å²) in [5.41, 5.74) is 3.83. The summed E-state index contributed by atoms with van der Waals surface area (Å²) in [4.78, 5) is 35.5. The molecule has 2 fully saturated rings. The lowest BCUT2D eigenvalue weighted by Crippen LogP contribution is -2.58. The first-order valence-corrected chi connectivity index (χ1v) is 28.6. The molecule has 6 atom stereocenters. The zero-order valence-corrected chi connectivity index (χ0v) is 43.8. The predicted molar refractivity (Wildman–Crippen MR) is 270 cm³/mol. The first kappa shape index (κ1) is 52.9. The van der Waals surface area contributed by atoms with Gasteiger partial charge in [0.1, 0.15) is 18.0 Å². The number of piperidine rings is 1. The van der Waals surface area contributed by atoms with Crippen molar-refractivity contribution in [2.75, 3.05) is 81.3 Å². The molecule has 0 radical (unpaired) electrons. The van der Waals surface area contributed by atoms with Crippen LogP contribution in [-0.4, -0.2) is 143 Å². The van der Waals surface area contributed by atoms with Crippen molar-refractivity contribution in [3.05, 3.63) is 108 Å². The molecule has 0 bridgehead atoms. The maximum Gasteiger partial charge on any atom is 0.338 e. The number of rotatable bonds is 17. The fraction of sp³-hybridized carbons (Fsp3) is 0.440. The van der Waals surface area contributed by atoms with Crippen molar-refractivity contribution in [2.45, 2.75) is 53.3 Å². The van der Waals surface area contributed by atoms with Crippen LogP contribution < -0.4 is 18.9 Å². The van der Waals surface area contributed by atoms with Gasteiger partial charge < -0.3 is 43.0 Å². The Morgan fingerprint density at radius 3 is 1.89 bits per heavy atom. The number of H-pyrrole nitrogens is 1. The van der Waals surface area contributed by atoms with E-state index in [2.05, 4.69) is 16.0 Å². The first-order chi connectivity index (χ1) is 33.6. The van der Waals surface area contributed by atoms with Gasteiger partial charge >= 0.3 is 11.9 Å². The Hall–Kier alpha value is -4.96. The highest BCUT2D eigenvalue weighted by molar-refractivity contribution is 8.72. The molecule has 3 aliphatic rings. The molecule has 1 N–H and O–H groups in total. The molecule has 2 aliphatic heterocycles. The molecule has 5 aromatic rings. The van der Waals surface area contributed by atoms with Crippen molar-refractivity contribution in [1.29, 1.82) is 0 Å². The standard InChI is InChI=1S/C33H40N2O9.C17H21NO4S4/c1-38-19-7-8-20-21-9-10-35-16-18-13-27(44-32(36)17-11-25(39-2)30(41-4)26(12-17)40-3)31(42-5)28(33(37)43-6)22(18)15-24(35)29(21)34-23(20)14-19;1-18(2)15(13-23-25(19,20)16-9-5-3-6-10-16)14-24-26(21,22)17-11-7-4-8-12-17/h7-8,11-12,14,18,22,24,27-28,31,34H,9-10,13,15-16H2,1-6H3;3-12,15H,13-14H2,1-2H3/t18-,22+,24-,27-,28+,31+;/m1./s1. The van der Waals surface area contributed by atoms with Crippen LogP contribution in [0.3, 0.4) is 0 Å². The van der Waals surface area contributed by atoms with E-state index in [1.54, 1.807) is 87.0 Å². The Morgan fingerprint density at radius 1 is 0.771 bits per heavy atom. The van der Waals surface area contributed by atoms with Gasteiger partial charge in [0.2, 0.25) is 23.5 Å². The molecule has 0 amide bonds. The third kappa shape index (κ3) is 11.5. The lowest BCUT2D eigenvalue weighted by Gasteiger charge is -2.52. The van der Waals surface area contributed by atoms with E-state index in [0.717, 1.165) is 58.8 Å². The number of carbonyl (C=O) groups excluding carboxylic acids is 2. The summed E-state index contributed by atoms with van der Waals surface area (Å²) in [5, 5.41) is 1.21. The van der Waals surface area contributed by atoms with Gasteiger partial charge in [-0.2, -0.15) is 0 Å². The number of aromatic amines is 1. The van der Waals surface area contributed by atoms with E-state index in [1.165, 1.54) is 45.1 Å². The summed E-state index contributed by atoms with van der Waals surface area (Å²) in [6.07, 6.45) is 0.920. The van der Waals surface area contributed by atoms with E-state index in [0.29, 0.717) is 23.7 Å². The summed E-state index contributed by atoms with van der Waals surface area (Å²) in [6, 6.07) is 25.7. The maximum absolute atomic E-state index is 13.5. The minimum atomic E-state index is -3.46. The van der Waals surface area contributed by atoms with Crippen molar-refractivity contribution in [3.63, 3.8) is 0 Å². The largest absolute Gasteiger partial charge is 0.497 e. The number of aromatic nitrogens is 1. The highest BCUT2D eigenvalue weighted by atomic mass is 33.1. The molecule has 16 nitrogen and oxygen atoms in total. The molecule has 378 valence electrons. The minimum Gasteiger partial charge on any atom is -0.497 e. The number of nitrogens with one attached hydrogen (secondary N) is 1. The zero-order valence-electron chi connectivity index (χ0n) is 40.5. The Bertz CT molecular complexity index is 2730. The number of nitrogens with zero attached hydrogens (tertiary/aromatic N) is 2. The fourth-order valence-corrected chi connectivity index (χ4v) is 16.2. The molecular formula is C50H61N3O13S4. The highest BCUT2D eigenvalue weighted by Gasteiger charge is 2.54. The van der Waals surface area contributed by atoms with Crippen LogP contribution in [0.4, 0.5) is 0 Å². The van der Waals surface area contributed by atoms with E-state index in [-0.39, 0.29) is 56.7 Å². The highest BCUT2D eigenvalue weighted by Crippen LogP contribution is 2.51. The fourth-order valence-electron chi connectivity index (χ4n) is 9.75. The Balaban J connectivity index is 0.000000237. The van der Waals surface area contributed by atoms with Crippen LogP contribution >= 0.6 is 21.6 Å². The van der Waals surface area contributed by atoms with Crippen LogP contribution in [0.25, 0.3) is 10.9 Å². The molecule has 0 unspecified atom stereocenters. The number of esters is 2. The van der Waals surface area contributed by atoms with Crippen LogP contribution in [0.2, 0.25) is 0 Å². The van der Waals surface area contributed by atoms with Gasteiger partial charge in [0.15, 0.2) is 11.5 Å². The van der Waals surface area contributed by atoms with Crippen molar-refractivity contribution in [1.82, 2.24) is 14.8 Å². The lowest BCUT2D eigenvalue weighted by atomic mass is 9.63. The summed E-state index contributed by atoms with van der Waals surface area (Å²) < 4.78 is 88.7. The van der Waals surface area contributed by atoms with Crippen LogP contribution in [-0.2, 0) is 43.2 Å². The molecule has 0 spiro atoms. The molecule has 1 aliphatic carbocycles. The SMILES string of the molecule is CN(C)C(CSS(=O)(=O)c1ccccc1)CSS(=O)(=O)c1ccccc1.COC(=O)[C@H]1[C@H]2C[C@@H]3c4[nH]c5cc(OC)ccc5c4CCN3C[C@H]2C[C@@H](OC(=O)c2cc(OC)c(OC)c(OC)c2)[C@@H]1OC. The molecule has 4 aromatic carbocycles. The number of fused-ring (bicyclic) bond motifs is 6. The number of ether oxygens (including phenoxy) is 7. The Morgan fingerprint density at radius 2 is 1.37 bits per heavy atom.